The lowest BCUT2D eigenvalue weighted by molar-refractivity contribution is -0.115. The number of carbonyl (C=O) groups is 2. The summed E-state index contributed by atoms with van der Waals surface area (Å²) in [4.78, 5) is 24.0. The molecule has 0 saturated carbocycles. The quantitative estimate of drug-likeness (QED) is 0.782. The summed E-state index contributed by atoms with van der Waals surface area (Å²) in [5.41, 5.74) is 1.46. The van der Waals surface area contributed by atoms with Gasteiger partial charge >= 0.3 is 0 Å². The minimum Gasteiger partial charge on any atom is -0.491 e. The van der Waals surface area contributed by atoms with Crippen molar-refractivity contribution in [2.75, 3.05) is 10.6 Å². The van der Waals surface area contributed by atoms with Crippen molar-refractivity contribution in [1.82, 2.24) is 0 Å². The van der Waals surface area contributed by atoms with Crippen LogP contribution in [0.15, 0.2) is 42.5 Å². The first-order valence-corrected chi connectivity index (χ1v) is 8.44. The molecule has 2 amide bonds. The fourth-order valence-electron chi connectivity index (χ4n) is 2.13. The molecule has 0 fully saturated rings. The highest BCUT2D eigenvalue weighted by atomic mass is 35.5. The van der Waals surface area contributed by atoms with Gasteiger partial charge in [-0.1, -0.05) is 24.6 Å². The molecule has 0 aliphatic carbocycles. The molecule has 25 heavy (non-hydrogen) atoms. The van der Waals surface area contributed by atoms with Crippen molar-refractivity contribution in [3.05, 3.63) is 53.1 Å². The summed E-state index contributed by atoms with van der Waals surface area (Å²) in [5.74, 6) is 0.200. The predicted octanol–water partition coefficient (Wildman–Crippen LogP) is 4.73. The number of carbonyl (C=O) groups excluding carboxylic acids is 2. The van der Waals surface area contributed by atoms with E-state index in [1.54, 1.807) is 49.4 Å². The average Bonchev–Trinajstić information content (AvgIpc) is 2.57. The van der Waals surface area contributed by atoms with Crippen LogP contribution in [0.2, 0.25) is 5.02 Å². The highest BCUT2D eigenvalue weighted by Gasteiger charge is 2.11. The zero-order valence-electron chi connectivity index (χ0n) is 14.4. The third-order valence-electron chi connectivity index (χ3n) is 3.29. The number of hydrogen-bond donors (Lipinski definition) is 2. The van der Waals surface area contributed by atoms with Gasteiger partial charge in [-0.15, -0.1) is 0 Å². The lowest BCUT2D eigenvalue weighted by Gasteiger charge is -2.12. The highest BCUT2D eigenvalue weighted by molar-refractivity contribution is 6.34. The van der Waals surface area contributed by atoms with Crippen LogP contribution < -0.4 is 15.4 Å². The molecule has 2 aromatic rings. The zero-order chi connectivity index (χ0) is 18.4. The molecule has 0 saturated heterocycles. The van der Waals surface area contributed by atoms with Gasteiger partial charge in [0.15, 0.2) is 0 Å². The van der Waals surface area contributed by atoms with Crippen LogP contribution in [0.5, 0.6) is 5.75 Å². The molecule has 2 aromatic carbocycles. The van der Waals surface area contributed by atoms with Crippen LogP contribution in [0.3, 0.4) is 0 Å². The summed E-state index contributed by atoms with van der Waals surface area (Å²) in [6.07, 6.45) is 0.388. The molecule has 6 heteroatoms. The number of anilines is 2. The molecule has 0 aromatic heterocycles. The summed E-state index contributed by atoms with van der Waals surface area (Å²) in [6, 6.07) is 11.9. The van der Waals surface area contributed by atoms with Crippen molar-refractivity contribution >= 4 is 34.8 Å². The Labute approximate surface area is 152 Å². The second kappa shape index (κ2) is 8.53. The number of nitrogens with one attached hydrogen (secondary N) is 2. The van der Waals surface area contributed by atoms with Gasteiger partial charge in [0.05, 0.1) is 16.8 Å². The van der Waals surface area contributed by atoms with E-state index >= 15 is 0 Å². The maximum Gasteiger partial charge on any atom is 0.255 e. The molecule has 0 radical (unpaired) electrons. The Balaban J connectivity index is 2.17. The Morgan fingerprint density at radius 1 is 1.12 bits per heavy atom. The van der Waals surface area contributed by atoms with E-state index < -0.39 is 0 Å². The van der Waals surface area contributed by atoms with Crippen molar-refractivity contribution in [2.45, 2.75) is 33.3 Å². The van der Waals surface area contributed by atoms with Gasteiger partial charge in [0.25, 0.3) is 5.91 Å². The lowest BCUT2D eigenvalue weighted by Crippen LogP contribution is -2.14. The van der Waals surface area contributed by atoms with E-state index in [4.69, 9.17) is 16.3 Å². The van der Waals surface area contributed by atoms with Gasteiger partial charge in [-0.05, 0) is 50.2 Å². The van der Waals surface area contributed by atoms with Crippen molar-refractivity contribution in [3.63, 3.8) is 0 Å². The van der Waals surface area contributed by atoms with E-state index in [1.165, 1.54) is 0 Å². The number of halogens is 1. The second-order valence-electron chi connectivity index (χ2n) is 5.74. The Hall–Kier alpha value is -2.53. The summed E-state index contributed by atoms with van der Waals surface area (Å²) in [6.45, 7) is 5.60. The third kappa shape index (κ3) is 5.50. The molecule has 2 N–H and O–H groups in total. The Bertz CT molecular complexity index is 775. The van der Waals surface area contributed by atoms with Crippen molar-refractivity contribution in [3.8, 4) is 5.75 Å². The van der Waals surface area contributed by atoms with Crippen LogP contribution in [-0.4, -0.2) is 17.9 Å². The fourth-order valence-corrected chi connectivity index (χ4v) is 2.29. The fraction of sp³-hybridized carbons (Fsp3) is 0.263. The first-order valence-electron chi connectivity index (χ1n) is 8.06. The van der Waals surface area contributed by atoms with E-state index in [1.807, 2.05) is 13.8 Å². The number of rotatable bonds is 6. The molecule has 0 bridgehead atoms. The average molecular weight is 361 g/mol. The van der Waals surface area contributed by atoms with Gasteiger partial charge in [0.2, 0.25) is 5.91 Å². The van der Waals surface area contributed by atoms with Crippen molar-refractivity contribution in [1.29, 1.82) is 0 Å². The van der Waals surface area contributed by atoms with E-state index in [9.17, 15) is 9.59 Å². The standard InChI is InChI=1S/C19H21ClN2O3/c1-4-18(23)21-14-8-9-16(20)17(11-14)22-19(24)13-6-5-7-15(10-13)25-12(2)3/h5-12H,4H2,1-3H3,(H,21,23)(H,22,24). The molecule has 0 atom stereocenters. The van der Waals surface area contributed by atoms with E-state index in [2.05, 4.69) is 10.6 Å². The minimum atomic E-state index is -0.310. The van der Waals surface area contributed by atoms with Crippen LogP contribution in [-0.2, 0) is 4.79 Å². The molecule has 132 valence electrons. The summed E-state index contributed by atoms with van der Waals surface area (Å²) in [7, 11) is 0. The number of ether oxygens (including phenoxy) is 1. The normalized spacial score (nSPS) is 10.4. The maximum absolute atomic E-state index is 12.5. The van der Waals surface area contributed by atoms with E-state index in [0.29, 0.717) is 34.1 Å². The highest BCUT2D eigenvalue weighted by Crippen LogP contribution is 2.26. The second-order valence-corrected chi connectivity index (χ2v) is 6.15. The summed E-state index contributed by atoms with van der Waals surface area (Å²) in [5, 5.41) is 5.88. The molecule has 0 aliphatic heterocycles. The number of hydrogen-bond acceptors (Lipinski definition) is 3. The smallest absolute Gasteiger partial charge is 0.255 e. The minimum absolute atomic E-state index is 0.0200. The van der Waals surface area contributed by atoms with Gasteiger partial charge in [-0.25, -0.2) is 0 Å². The Kier molecular flexibility index (Phi) is 6.42. The summed E-state index contributed by atoms with van der Waals surface area (Å²) < 4.78 is 5.60. The molecule has 2 rings (SSSR count). The molecule has 0 spiro atoms. The van der Waals surface area contributed by atoms with Crippen molar-refractivity contribution in [2.24, 2.45) is 0 Å². The molecule has 0 heterocycles. The van der Waals surface area contributed by atoms with E-state index in [0.717, 1.165) is 0 Å². The van der Waals surface area contributed by atoms with Crippen LogP contribution >= 0.6 is 11.6 Å². The Morgan fingerprint density at radius 3 is 2.56 bits per heavy atom. The van der Waals surface area contributed by atoms with Crippen LogP contribution in [0.25, 0.3) is 0 Å². The SMILES string of the molecule is CCC(=O)Nc1ccc(Cl)c(NC(=O)c2cccc(OC(C)C)c2)c1. The topological polar surface area (TPSA) is 67.4 Å². The summed E-state index contributed by atoms with van der Waals surface area (Å²) >= 11 is 6.15. The van der Waals surface area contributed by atoms with Crippen LogP contribution in [0, 0.1) is 0 Å². The van der Waals surface area contributed by atoms with E-state index in [-0.39, 0.29) is 17.9 Å². The number of amides is 2. The molecule has 5 nitrogen and oxygen atoms in total. The first kappa shape index (κ1) is 18.8. The zero-order valence-corrected chi connectivity index (χ0v) is 15.2. The molecule has 0 unspecified atom stereocenters. The third-order valence-corrected chi connectivity index (χ3v) is 3.62. The predicted molar refractivity (Wildman–Crippen MR) is 101 cm³/mol. The molecular formula is C19H21ClN2O3. The van der Waals surface area contributed by atoms with Gasteiger partial charge in [0.1, 0.15) is 5.75 Å². The largest absolute Gasteiger partial charge is 0.491 e. The molecule has 0 aliphatic rings. The number of benzene rings is 2. The maximum atomic E-state index is 12.5. The molecular weight excluding hydrogens is 340 g/mol. The lowest BCUT2D eigenvalue weighted by atomic mass is 10.2. The van der Waals surface area contributed by atoms with Crippen LogP contribution in [0.4, 0.5) is 11.4 Å². The van der Waals surface area contributed by atoms with Gasteiger partial charge in [-0.3, -0.25) is 9.59 Å². The van der Waals surface area contributed by atoms with Crippen molar-refractivity contribution < 1.29 is 14.3 Å². The van der Waals surface area contributed by atoms with Gasteiger partial charge in [0, 0.05) is 17.7 Å². The first-order chi connectivity index (χ1) is 11.9. The Morgan fingerprint density at radius 2 is 1.88 bits per heavy atom. The van der Waals surface area contributed by atoms with Crippen LogP contribution in [0.1, 0.15) is 37.6 Å². The van der Waals surface area contributed by atoms with Gasteiger partial charge in [-0.2, -0.15) is 0 Å². The monoisotopic (exact) mass is 360 g/mol. The van der Waals surface area contributed by atoms with Gasteiger partial charge < -0.3 is 15.4 Å².